The average Bonchev–Trinajstić information content (AvgIpc) is 3.16. The van der Waals surface area contributed by atoms with Crippen molar-refractivity contribution >= 4 is 23.1 Å². The Morgan fingerprint density at radius 3 is 1.70 bits per heavy atom. The highest BCUT2D eigenvalue weighted by Crippen LogP contribution is 2.52. The zero-order valence-corrected chi connectivity index (χ0v) is 33.3. The van der Waals surface area contributed by atoms with Crippen LogP contribution < -0.4 is 16.4 Å². The number of fused-ring (bicyclic) bond motifs is 2. The lowest BCUT2D eigenvalue weighted by Gasteiger charge is -2.47. The van der Waals surface area contributed by atoms with E-state index in [9.17, 15) is 0 Å². The van der Waals surface area contributed by atoms with Crippen LogP contribution in [0.3, 0.4) is 0 Å². The number of pyridine rings is 2. The van der Waals surface area contributed by atoms with E-state index >= 15 is 0 Å². The highest BCUT2D eigenvalue weighted by molar-refractivity contribution is 6.96. The second kappa shape index (κ2) is 15.2. The first-order chi connectivity index (χ1) is 26.2. The Balaban J connectivity index is 1.14. The number of aromatic nitrogens is 2. The number of nitrogens with zero attached hydrogens (tertiary/aromatic N) is 2. The van der Waals surface area contributed by atoms with Crippen LogP contribution in [-0.2, 0) is 11.8 Å². The normalized spacial score (nSPS) is 19.4. The highest BCUT2D eigenvalue weighted by Gasteiger charge is 2.44. The molecule has 0 N–H and O–H groups in total. The molecule has 2 aromatic heterocycles. The molecule has 2 aliphatic carbocycles. The summed E-state index contributed by atoms with van der Waals surface area (Å²) in [6, 6.07) is 42.8. The number of aryl methyl sites for hydroxylation is 7. The van der Waals surface area contributed by atoms with E-state index in [0.29, 0.717) is 0 Å². The second-order valence-corrected chi connectivity index (χ2v) is 17.1. The Kier molecular flexibility index (Phi) is 10.2. The third-order valence-electron chi connectivity index (χ3n) is 12.9. The Labute approximate surface area is 324 Å². The first-order valence-corrected chi connectivity index (χ1v) is 20.4. The third kappa shape index (κ3) is 7.35. The molecule has 0 aliphatic heterocycles. The molecule has 2 nitrogen and oxygen atoms in total. The van der Waals surface area contributed by atoms with Gasteiger partial charge in [0.1, 0.15) is 0 Å². The van der Waals surface area contributed by atoms with E-state index in [2.05, 4.69) is 157 Å². The maximum atomic E-state index is 5.59. The van der Waals surface area contributed by atoms with Crippen LogP contribution >= 0.6 is 0 Å². The molecule has 0 spiro atoms. The lowest BCUT2D eigenvalue weighted by atomic mass is 9.34. The summed E-state index contributed by atoms with van der Waals surface area (Å²) < 4.78 is 0. The summed E-state index contributed by atoms with van der Waals surface area (Å²) in [6.45, 7) is 13.7. The molecule has 2 bridgehead atoms. The van der Waals surface area contributed by atoms with E-state index in [1.165, 1.54) is 111 Å². The molecule has 2 unspecified atom stereocenters. The summed E-state index contributed by atoms with van der Waals surface area (Å²) in [5.74, 6) is 1.59. The van der Waals surface area contributed by atoms with Gasteiger partial charge in [-0.25, -0.2) is 0 Å². The van der Waals surface area contributed by atoms with Crippen LogP contribution in [-0.4, -0.2) is 16.7 Å². The lowest BCUT2D eigenvalue weighted by molar-refractivity contribution is 0.101. The molecule has 3 heteroatoms. The van der Waals surface area contributed by atoms with Gasteiger partial charge >= 0.3 is 0 Å². The van der Waals surface area contributed by atoms with Crippen molar-refractivity contribution in [3.63, 3.8) is 0 Å². The van der Waals surface area contributed by atoms with Gasteiger partial charge in [0, 0.05) is 27.9 Å². The van der Waals surface area contributed by atoms with Crippen LogP contribution in [0.4, 0.5) is 0 Å². The highest BCUT2D eigenvalue weighted by atomic mass is 14.8. The Hall–Kier alpha value is -4.76. The molecule has 2 aliphatic rings. The SMILES string of the molecule is Cc1cc(C)c(B(c2ccc(-c3cccc(C4(CCc5cccc(-c6ccccc6)n5)CC5CCCC(C5)C4)n3)cc2)c2c(C)cc(C)cc2C)c(C)c1. The number of hydrogen-bond acceptors (Lipinski definition) is 2. The van der Waals surface area contributed by atoms with Gasteiger partial charge in [-0.05, 0) is 110 Å². The zero-order valence-electron chi connectivity index (χ0n) is 33.3. The van der Waals surface area contributed by atoms with Crippen molar-refractivity contribution in [2.45, 2.75) is 98.3 Å². The molecular weight excluding hydrogens is 651 g/mol. The lowest BCUT2D eigenvalue weighted by Crippen LogP contribution is -2.55. The van der Waals surface area contributed by atoms with Crippen molar-refractivity contribution in [1.29, 1.82) is 0 Å². The van der Waals surface area contributed by atoms with Gasteiger partial charge in [0.2, 0.25) is 6.71 Å². The van der Waals surface area contributed by atoms with Crippen molar-refractivity contribution in [3.8, 4) is 22.5 Å². The fourth-order valence-corrected chi connectivity index (χ4v) is 10.8. The predicted octanol–water partition coefficient (Wildman–Crippen LogP) is 10.6. The van der Waals surface area contributed by atoms with Gasteiger partial charge in [-0.2, -0.15) is 0 Å². The summed E-state index contributed by atoms with van der Waals surface area (Å²) in [5, 5.41) is 0. The van der Waals surface area contributed by atoms with Crippen LogP contribution in [0.2, 0.25) is 0 Å². The Morgan fingerprint density at radius 1 is 0.574 bits per heavy atom. The molecule has 4 aromatic carbocycles. The van der Waals surface area contributed by atoms with Gasteiger partial charge in [-0.15, -0.1) is 0 Å². The summed E-state index contributed by atoms with van der Waals surface area (Å²) in [4.78, 5) is 10.8. The minimum atomic E-state index is 0.0699. The van der Waals surface area contributed by atoms with E-state index in [1.54, 1.807) is 0 Å². The third-order valence-corrected chi connectivity index (χ3v) is 12.9. The van der Waals surface area contributed by atoms with Crippen LogP contribution in [0, 0.1) is 53.4 Å². The standard InChI is InChI=1S/C51H55BN2/c1-34-27-36(3)49(37(4)28-34)52(50-38(5)29-35(2)30-39(50)6)44-23-21-43(22-24-44)47-19-12-20-48(54-47)51(32-40-13-10-14-41(31-40)33-51)26-25-45-17-11-18-46(53-45)42-15-8-7-9-16-42/h7-9,11-12,15-24,27-30,40-41H,10,13-14,25-26,31-33H2,1-6H3. The van der Waals surface area contributed by atoms with Crippen molar-refractivity contribution in [2.24, 2.45) is 11.8 Å². The van der Waals surface area contributed by atoms with E-state index in [0.717, 1.165) is 36.1 Å². The topological polar surface area (TPSA) is 25.8 Å². The first-order valence-electron chi connectivity index (χ1n) is 20.4. The molecule has 8 rings (SSSR count). The van der Waals surface area contributed by atoms with Gasteiger partial charge in [0.25, 0.3) is 0 Å². The molecule has 2 saturated carbocycles. The van der Waals surface area contributed by atoms with Gasteiger partial charge in [0.05, 0.1) is 11.4 Å². The van der Waals surface area contributed by atoms with Crippen molar-refractivity contribution in [3.05, 3.63) is 160 Å². The Morgan fingerprint density at radius 2 is 1.11 bits per heavy atom. The van der Waals surface area contributed by atoms with E-state index < -0.39 is 0 Å². The monoisotopic (exact) mass is 706 g/mol. The van der Waals surface area contributed by atoms with Crippen LogP contribution in [0.1, 0.15) is 89.7 Å². The minimum Gasteiger partial charge on any atom is -0.253 e. The van der Waals surface area contributed by atoms with Gasteiger partial charge < -0.3 is 0 Å². The van der Waals surface area contributed by atoms with Crippen LogP contribution in [0.25, 0.3) is 22.5 Å². The molecule has 0 amide bonds. The molecule has 54 heavy (non-hydrogen) atoms. The largest absolute Gasteiger partial charge is 0.253 e. The second-order valence-electron chi connectivity index (χ2n) is 17.1. The van der Waals surface area contributed by atoms with E-state index in [4.69, 9.17) is 9.97 Å². The number of hydrogen-bond donors (Lipinski definition) is 0. The Bertz CT molecular complexity index is 2150. The molecular formula is C51H55BN2. The molecule has 272 valence electrons. The maximum absolute atomic E-state index is 5.59. The number of benzene rings is 4. The smallest absolute Gasteiger partial charge is 0.242 e. The molecule has 2 heterocycles. The van der Waals surface area contributed by atoms with Crippen molar-refractivity contribution in [1.82, 2.24) is 9.97 Å². The molecule has 2 atom stereocenters. The molecule has 6 aromatic rings. The van der Waals surface area contributed by atoms with Gasteiger partial charge in [-0.1, -0.05) is 160 Å². The van der Waals surface area contributed by atoms with Gasteiger partial charge in [-0.3, -0.25) is 9.97 Å². The molecule has 0 radical (unpaired) electrons. The average molecular weight is 707 g/mol. The summed E-state index contributed by atoms with van der Waals surface area (Å²) in [6.07, 6.45) is 10.0. The summed E-state index contributed by atoms with van der Waals surface area (Å²) in [7, 11) is 0. The minimum absolute atomic E-state index is 0.0699. The van der Waals surface area contributed by atoms with Gasteiger partial charge in [0.15, 0.2) is 0 Å². The molecule has 2 fully saturated rings. The number of rotatable bonds is 9. The van der Waals surface area contributed by atoms with Crippen LogP contribution in [0.5, 0.6) is 0 Å². The van der Waals surface area contributed by atoms with E-state index in [-0.39, 0.29) is 12.1 Å². The fraction of sp³-hybridized carbons (Fsp3) is 0.333. The van der Waals surface area contributed by atoms with Crippen molar-refractivity contribution in [2.75, 3.05) is 0 Å². The summed E-state index contributed by atoms with van der Waals surface area (Å²) >= 11 is 0. The summed E-state index contributed by atoms with van der Waals surface area (Å²) in [5.41, 5.74) is 19.3. The van der Waals surface area contributed by atoms with Crippen LogP contribution in [0.15, 0.2) is 115 Å². The first kappa shape index (κ1) is 36.2. The maximum Gasteiger partial charge on any atom is 0.242 e. The molecule has 0 saturated heterocycles. The zero-order chi connectivity index (χ0) is 37.4. The fourth-order valence-electron chi connectivity index (χ4n) is 10.8. The van der Waals surface area contributed by atoms with Crippen molar-refractivity contribution < 1.29 is 0 Å². The quantitative estimate of drug-likeness (QED) is 0.140. The van der Waals surface area contributed by atoms with E-state index in [1.807, 2.05) is 0 Å². The predicted molar refractivity (Wildman–Crippen MR) is 230 cm³/mol.